The van der Waals surface area contributed by atoms with Crippen molar-refractivity contribution in [2.75, 3.05) is 20.2 Å². The molecule has 1 fully saturated rings. The van der Waals surface area contributed by atoms with E-state index in [1.54, 1.807) is 7.11 Å². The average Bonchev–Trinajstić information content (AvgIpc) is 2.60. The fourth-order valence-corrected chi connectivity index (χ4v) is 3.14. The van der Waals surface area contributed by atoms with Crippen LogP contribution in [-0.4, -0.2) is 48.3 Å². The summed E-state index contributed by atoms with van der Waals surface area (Å²) in [5, 5.41) is 13.1. The molecule has 1 aromatic carbocycles. The molecule has 23 heavy (non-hydrogen) atoms. The molecule has 2 N–H and O–H groups in total. The third-order valence-electron chi connectivity index (χ3n) is 4.50. The smallest absolute Gasteiger partial charge is 0.234 e. The Balaban J connectivity index is 1.85. The number of ether oxygens (including phenoxy) is 1. The van der Waals surface area contributed by atoms with Crippen molar-refractivity contribution in [3.05, 3.63) is 29.8 Å². The summed E-state index contributed by atoms with van der Waals surface area (Å²) < 4.78 is 5.19. The highest BCUT2D eigenvalue weighted by atomic mass is 16.5. The van der Waals surface area contributed by atoms with E-state index >= 15 is 0 Å². The number of carbonyl (C=O) groups is 1. The van der Waals surface area contributed by atoms with Gasteiger partial charge >= 0.3 is 0 Å². The Hall–Kier alpha value is -1.59. The van der Waals surface area contributed by atoms with Gasteiger partial charge in [0.15, 0.2) is 0 Å². The fraction of sp³-hybridized carbons (Fsp3) is 0.611. The molecule has 0 saturated carbocycles. The summed E-state index contributed by atoms with van der Waals surface area (Å²) in [5.74, 6) is 0.793. The normalized spacial score (nSPS) is 20.0. The Kier molecular flexibility index (Phi) is 6.86. The maximum atomic E-state index is 12.2. The lowest BCUT2D eigenvalue weighted by molar-refractivity contribution is -0.124. The molecule has 0 spiro atoms. The lowest BCUT2D eigenvalue weighted by Crippen LogP contribution is -2.50. The molecule has 128 valence electrons. The van der Waals surface area contributed by atoms with E-state index in [-0.39, 0.29) is 18.1 Å². The van der Waals surface area contributed by atoms with Crippen LogP contribution in [0, 0.1) is 0 Å². The van der Waals surface area contributed by atoms with Crippen molar-refractivity contribution >= 4 is 5.91 Å². The second kappa shape index (κ2) is 8.89. The highest BCUT2D eigenvalue weighted by Gasteiger charge is 2.28. The van der Waals surface area contributed by atoms with E-state index in [0.717, 1.165) is 43.5 Å². The van der Waals surface area contributed by atoms with Gasteiger partial charge in [0.25, 0.3) is 0 Å². The summed E-state index contributed by atoms with van der Waals surface area (Å²) in [6, 6.07) is 7.79. The number of amides is 1. The van der Waals surface area contributed by atoms with Crippen molar-refractivity contribution in [2.45, 2.75) is 51.3 Å². The van der Waals surface area contributed by atoms with E-state index in [0.29, 0.717) is 13.1 Å². The van der Waals surface area contributed by atoms with Crippen LogP contribution < -0.4 is 10.1 Å². The number of nitrogens with one attached hydrogen (secondary N) is 1. The zero-order valence-corrected chi connectivity index (χ0v) is 14.1. The zero-order valence-electron chi connectivity index (χ0n) is 14.1. The van der Waals surface area contributed by atoms with Gasteiger partial charge in [-0.05, 0) is 43.5 Å². The number of rotatable bonds is 7. The van der Waals surface area contributed by atoms with Gasteiger partial charge in [-0.3, -0.25) is 9.69 Å². The molecule has 1 amide bonds. The molecule has 0 radical (unpaired) electrons. The number of aliphatic hydroxyl groups excluding tert-OH is 1. The van der Waals surface area contributed by atoms with Crippen LogP contribution in [0.2, 0.25) is 0 Å². The summed E-state index contributed by atoms with van der Waals surface area (Å²) >= 11 is 0. The second-order valence-electron chi connectivity index (χ2n) is 6.14. The topological polar surface area (TPSA) is 61.8 Å². The van der Waals surface area contributed by atoms with E-state index in [4.69, 9.17) is 4.74 Å². The molecule has 0 aromatic heterocycles. The van der Waals surface area contributed by atoms with Gasteiger partial charge in [-0.2, -0.15) is 0 Å². The Labute approximate surface area is 138 Å². The molecule has 5 nitrogen and oxygen atoms in total. The van der Waals surface area contributed by atoms with Gasteiger partial charge in [-0.15, -0.1) is 0 Å². The number of benzene rings is 1. The van der Waals surface area contributed by atoms with Crippen LogP contribution in [0.15, 0.2) is 24.3 Å². The second-order valence-corrected chi connectivity index (χ2v) is 6.14. The number of likely N-dealkylation sites (tertiary alicyclic amines) is 1. The number of aliphatic hydroxyl groups is 1. The number of methoxy groups -OCH3 is 1. The Morgan fingerprint density at radius 3 is 3.04 bits per heavy atom. The molecule has 1 aliphatic rings. The third-order valence-corrected chi connectivity index (χ3v) is 4.50. The van der Waals surface area contributed by atoms with Crippen LogP contribution in [0.25, 0.3) is 0 Å². The van der Waals surface area contributed by atoms with Crippen LogP contribution in [0.1, 0.15) is 38.2 Å². The summed E-state index contributed by atoms with van der Waals surface area (Å²) in [7, 11) is 1.63. The van der Waals surface area contributed by atoms with E-state index in [9.17, 15) is 9.90 Å². The number of hydrogen-bond donors (Lipinski definition) is 2. The van der Waals surface area contributed by atoms with Crippen LogP contribution in [-0.2, 0) is 11.3 Å². The first-order chi connectivity index (χ1) is 11.1. The molecule has 1 aliphatic heterocycles. The first-order valence-corrected chi connectivity index (χ1v) is 8.45. The summed E-state index contributed by atoms with van der Waals surface area (Å²) in [6.07, 6.45) is 3.58. The quantitative estimate of drug-likeness (QED) is 0.806. The van der Waals surface area contributed by atoms with Crippen molar-refractivity contribution in [3.8, 4) is 5.75 Å². The first kappa shape index (κ1) is 17.8. The third kappa shape index (κ3) is 5.22. The van der Waals surface area contributed by atoms with E-state index < -0.39 is 0 Å². The number of hydrogen-bond acceptors (Lipinski definition) is 4. The molecular formula is C18H28N2O3. The van der Waals surface area contributed by atoms with Crippen molar-refractivity contribution < 1.29 is 14.6 Å². The minimum absolute atomic E-state index is 0.00280. The lowest BCUT2D eigenvalue weighted by Gasteiger charge is -2.37. The largest absolute Gasteiger partial charge is 0.497 e. The van der Waals surface area contributed by atoms with Gasteiger partial charge in [-0.1, -0.05) is 25.5 Å². The van der Waals surface area contributed by atoms with E-state index in [2.05, 4.69) is 10.2 Å². The molecule has 1 saturated heterocycles. The highest BCUT2D eigenvalue weighted by Crippen LogP contribution is 2.21. The highest BCUT2D eigenvalue weighted by molar-refractivity contribution is 5.78. The van der Waals surface area contributed by atoms with Crippen LogP contribution in [0.5, 0.6) is 5.75 Å². The van der Waals surface area contributed by atoms with E-state index in [1.165, 1.54) is 0 Å². The van der Waals surface area contributed by atoms with Crippen molar-refractivity contribution in [3.63, 3.8) is 0 Å². The molecule has 0 aliphatic carbocycles. The first-order valence-electron chi connectivity index (χ1n) is 8.45. The molecule has 2 unspecified atom stereocenters. The van der Waals surface area contributed by atoms with Gasteiger partial charge < -0.3 is 15.2 Å². The molecule has 2 atom stereocenters. The minimum Gasteiger partial charge on any atom is -0.497 e. The van der Waals surface area contributed by atoms with Gasteiger partial charge in [0.05, 0.1) is 19.8 Å². The van der Waals surface area contributed by atoms with Crippen molar-refractivity contribution in [1.82, 2.24) is 10.2 Å². The summed E-state index contributed by atoms with van der Waals surface area (Å²) in [4.78, 5) is 14.4. The molecular weight excluding hydrogens is 292 g/mol. The molecule has 0 bridgehead atoms. The van der Waals surface area contributed by atoms with Crippen LogP contribution in [0.3, 0.4) is 0 Å². The predicted molar refractivity (Wildman–Crippen MR) is 90.4 cm³/mol. The van der Waals surface area contributed by atoms with Gasteiger partial charge in [0.1, 0.15) is 5.75 Å². The number of piperidine rings is 1. The minimum atomic E-state index is -0.346. The molecule has 5 heteroatoms. The number of nitrogens with zero attached hydrogens (tertiary/aromatic N) is 1. The van der Waals surface area contributed by atoms with Gasteiger partial charge in [-0.25, -0.2) is 0 Å². The fourth-order valence-electron chi connectivity index (χ4n) is 3.14. The lowest BCUT2D eigenvalue weighted by atomic mass is 9.96. The Morgan fingerprint density at radius 1 is 1.48 bits per heavy atom. The standard InChI is InChI=1S/C18H28N2O3/c1-3-17(21)16-9-4-5-10-20(16)13-18(22)19-12-14-7-6-8-15(11-14)23-2/h6-8,11,16-17,21H,3-5,9-10,12-13H2,1-2H3,(H,19,22). The summed E-state index contributed by atoms with van der Waals surface area (Å²) in [5.41, 5.74) is 1.02. The number of carbonyl (C=O) groups excluding carboxylic acids is 1. The van der Waals surface area contributed by atoms with Gasteiger partial charge in [0.2, 0.25) is 5.91 Å². The molecule has 2 rings (SSSR count). The summed E-state index contributed by atoms with van der Waals surface area (Å²) in [6.45, 7) is 3.71. The SMILES string of the molecule is CCC(O)C1CCCCN1CC(=O)NCc1cccc(OC)c1. The Bertz CT molecular complexity index is 507. The molecule has 1 heterocycles. The predicted octanol–water partition coefficient (Wildman–Crippen LogP) is 1.94. The maximum absolute atomic E-state index is 12.2. The average molecular weight is 320 g/mol. The van der Waals surface area contributed by atoms with Crippen molar-refractivity contribution in [1.29, 1.82) is 0 Å². The van der Waals surface area contributed by atoms with Crippen molar-refractivity contribution in [2.24, 2.45) is 0 Å². The Morgan fingerprint density at radius 2 is 2.30 bits per heavy atom. The van der Waals surface area contributed by atoms with Crippen LogP contribution >= 0.6 is 0 Å². The van der Waals surface area contributed by atoms with Crippen LogP contribution in [0.4, 0.5) is 0 Å². The maximum Gasteiger partial charge on any atom is 0.234 e. The van der Waals surface area contributed by atoms with E-state index in [1.807, 2.05) is 31.2 Å². The molecule has 1 aromatic rings. The van der Waals surface area contributed by atoms with Gasteiger partial charge in [0, 0.05) is 12.6 Å². The monoisotopic (exact) mass is 320 g/mol. The zero-order chi connectivity index (χ0) is 16.7.